The van der Waals surface area contributed by atoms with Crippen molar-refractivity contribution < 1.29 is 33.6 Å². The second kappa shape index (κ2) is 12.5. The number of hydrogen-bond acceptors (Lipinski definition) is 9. The summed E-state index contributed by atoms with van der Waals surface area (Å²) in [7, 11) is 7.10. The zero-order valence-corrected chi connectivity index (χ0v) is 22.1. The number of aliphatic imine (C=N–C) groups is 1. The minimum Gasteiger partial charge on any atom is -0.497 e. The molecular formula is C27H32N2O7S. The van der Waals surface area contributed by atoms with E-state index in [0.717, 1.165) is 33.9 Å². The summed E-state index contributed by atoms with van der Waals surface area (Å²) in [6.07, 6.45) is 0.897. The predicted molar refractivity (Wildman–Crippen MR) is 141 cm³/mol. The lowest BCUT2D eigenvalue weighted by molar-refractivity contribution is -0.184. The highest BCUT2D eigenvalue weighted by Gasteiger charge is 2.50. The predicted octanol–water partition coefficient (Wildman–Crippen LogP) is 3.57. The molecule has 0 unspecified atom stereocenters. The summed E-state index contributed by atoms with van der Waals surface area (Å²) < 4.78 is 29.7. The van der Waals surface area contributed by atoms with Crippen molar-refractivity contribution in [3.8, 4) is 11.5 Å². The van der Waals surface area contributed by atoms with Crippen LogP contribution in [-0.2, 0) is 32.2 Å². The first kappa shape index (κ1) is 27.0. The van der Waals surface area contributed by atoms with Crippen LogP contribution in [0.4, 0.5) is 0 Å². The first-order valence-electron chi connectivity index (χ1n) is 11.9. The molecule has 0 aromatic heterocycles. The number of carboxylic acids is 1. The number of ether oxygens (including phenoxy) is 5. The van der Waals surface area contributed by atoms with Crippen molar-refractivity contribution in [1.29, 1.82) is 0 Å². The van der Waals surface area contributed by atoms with Gasteiger partial charge in [0.05, 0.1) is 27.4 Å². The third-order valence-corrected chi connectivity index (χ3v) is 7.35. The Bertz CT molecular complexity index is 1100. The summed E-state index contributed by atoms with van der Waals surface area (Å²) in [5, 5.41) is 10.1. The van der Waals surface area contributed by atoms with E-state index in [-0.39, 0.29) is 18.1 Å². The van der Waals surface area contributed by atoms with Crippen LogP contribution < -0.4 is 9.47 Å². The Morgan fingerprint density at radius 2 is 1.51 bits per heavy atom. The molecule has 0 radical (unpaired) electrons. The number of benzene rings is 2. The van der Waals surface area contributed by atoms with Gasteiger partial charge in [0.25, 0.3) is 0 Å². The van der Waals surface area contributed by atoms with Gasteiger partial charge in [-0.15, -0.1) is 0 Å². The third-order valence-electron chi connectivity index (χ3n) is 6.05. The van der Waals surface area contributed by atoms with E-state index in [1.54, 1.807) is 14.2 Å². The minimum atomic E-state index is -1.06. The lowest BCUT2D eigenvalue weighted by Gasteiger charge is -2.41. The minimum absolute atomic E-state index is 0.284. The molecule has 0 aliphatic carbocycles. The molecule has 1 saturated heterocycles. The molecule has 0 saturated carbocycles. The second-order valence-corrected chi connectivity index (χ2v) is 9.89. The molecule has 1 N–H and O–H groups in total. The smallest absolute Gasteiger partial charge is 0.328 e. The highest BCUT2D eigenvalue weighted by atomic mass is 32.2. The summed E-state index contributed by atoms with van der Waals surface area (Å²) in [4.78, 5) is 18.2. The Labute approximate surface area is 221 Å². The summed E-state index contributed by atoms with van der Waals surface area (Å²) in [6.45, 7) is 0.611. The molecular weight excluding hydrogens is 496 g/mol. The van der Waals surface area contributed by atoms with Crippen molar-refractivity contribution in [3.63, 3.8) is 0 Å². The van der Waals surface area contributed by atoms with Crippen molar-refractivity contribution in [1.82, 2.24) is 4.90 Å². The Morgan fingerprint density at radius 1 is 0.973 bits per heavy atom. The van der Waals surface area contributed by atoms with Crippen LogP contribution in [0.5, 0.6) is 11.5 Å². The van der Waals surface area contributed by atoms with Crippen LogP contribution in [0.3, 0.4) is 0 Å². The number of methoxy groups -OCH3 is 2. The maximum Gasteiger partial charge on any atom is 0.328 e. The average Bonchev–Trinajstić information content (AvgIpc) is 3.34. The van der Waals surface area contributed by atoms with Gasteiger partial charge in [-0.3, -0.25) is 4.99 Å². The summed E-state index contributed by atoms with van der Waals surface area (Å²) in [6, 6.07) is 14.9. The quantitative estimate of drug-likeness (QED) is 0.464. The molecule has 5 atom stereocenters. The van der Waals surface area contributed by atoms with Crippen LogP contribution in [0.1, 0.15) is 11.1 Å². The SMILES string of the molecule is COc1ccc(CO[C@@H]2[C@H]3N=C(N(C)C)S[C@H]3O[C@H](C=CC(=O)O)[C@H]2OCc2ccc(OC)cc2)cc1. The summed E-state index contributed by atoms with van der Waals surface area (Å²) in [5.74, 6) is 0.464. The number of rotatable bonds is 10. The van der Waals surface area contributed by atoms with Gasteiger partial charge in [-0.2, -0.15) is 0 Å². The zero-order valence-electron chi connectivity index (χ0n) is 21.3. The van der Waals surface area contributed by atoms with E-state index in [1.807, 2.05) is 67.5 Å². The third kappa shape index (κ3) is 6.84. The van der Waals surface area contributed by atoms with Crippen molar-refractivity contribution in [2.45, 2.75) is 43.0 Å². The van der Waals surface area contributed by atoms with Crippen LogP contribution in [0.25, 0.3) is 0 Å². The molecule has 2 aromatic rings. The van der Waals surface area contributed by atoms with Crippen molar-refractivity contribution >= 4 is 22.9 Å². The Kier molecular flexibility index (Phi) is 9.09. The monoisotopic (exact) mass is 528 g/mol. The van der Waals surface area contributed by atoms with Gasteiger partial charge in [0.2, 0.25) is 0 Å². The van der Waals surface area contributed by atoms with E-state index in [2.05, 4.69) is 0 Å². The largest absolute Gasteiger partial charge is 0.497 e. The van der Waals surface area contributed by atoms with Gasteiger partial charge in [-0.1, -0.05) is 36.0 Å². The van der Waals surface area contributed by atoms with Gasteiger partial charge in [0.1, 0.15) is 41.3 Å². The normalized spacial score (nSPS) is 25.0. The Morgan fingerprint density at radius 3 is 2.00 bits per heavy atom. The van der Waals surface area contributed by atoms with Crippen molar-refractivity contribution in [2.75, 3.05) is 28.3 Å². The molecule has 1 fully saturated rings. The standard InChI is InChI=1S/C27H32N2O7S/c1-29(2)27-28-23-25(35-16-18-7-11-20(33-4)12-8-18)24(21(13-14-22(30)31)36-26(23)37-27)34-15-17-5-9-19(32-3)10-6-17/h5-14,21,23-26H,15-16H2,1-4H3,(H,30,31)/t21-,23-,24-,25-,26-/m1/s1. The first-order valence-corrected chi connectivity index (χ1v) is 12.7. The molecule has 198 valence electrons. The van der Waals surface area contributed by atoms with Gasteiger partial charge >= 0.3 is 5.97 Å². The maximum absolute atomic E-state index is 11.3. The highest BCUT2D eigenvalue weighted by molar-refractivity contribution is 8.14. The molecule has 10 heteroatoms. The number of fused-ring (bicyclic) bond motifs is 1. The molecule has 2 aliphatic heterocycles. The molecule has 4 rings (SSSR count). The van der Waals surface area contributed by atoms with Gasteiger partial charge in [0.15, 0.2) is 5.17 Å². The van der Waals surface area contributed by atoms with E-state index in [0.29, 0.717) is 6.61 Å². The Balaban J connectivity index is 1.60. The lowest BCUT2D eigenvalue weighted by Crippen LogP contribution is -2.56. The Hall–Kier alpha value is -3.05. The molecule has 0 amide bonds. The summed E-state index contributed by atoms with van der Waals surface area (Å²) in [5.41, 5.74) is 1.58. The maximum atomic E-state index is 11.3. The van der Waals surface area contributed by atoms with E-state index >= 15 is 0 Å². The number of aliphatic carboxylic acids is 1. The highest BCUT2D eigenvalue weighted by Crippen LogP contribution is 2.40. The number of nitrogens with zero attached hydrogens (tertiary/aromatic N) is 2. The van der Waals surface area contributed by atoms with Crippen molar-refractivity contribution in [2.24, 2.45) is 4.99 Å². The summed E-state index contributed by atoms with van der Waals surface area (Å²) >= 11 is 1.50. The molecule has 0 spiro atoms. The number of hydrogen-bond donors (Lipinski definition) is 1. The van der Waals surface area contributed by atoms with E-state index in [4.69, 9.17) is 28.7 Å². The second-order valence-electron chi connectivity index (χ2n) is 8.83. The first-order chi connectivity index (χ1) is 17.9. The van der Waals surface area contributed by atoms with E-state index in [1.165, 1.54) is 17.8 Å². The van der Waals surface area contributed by atoms with Gasteiger partial charge < -0.3 is 33.7 Å². The fourth-order valence-corrected chi connectivity index (χ4v) is 5.25. The fourth-order valence-electron chi connectivity index (χ4n) is 4.11. The molecule has 2 aliphatic rings. The van der Waals surface area contributed by atoms with Crippen LogP contribution in [0.15, 0.2) is 65.7 Å². The number of carbonyl (C=O) groups is 1. The molecule has 2 heterocycles. The van der Waals surface area contributed by atoms with Gasteiger partial charge in [0, 0.05) is 20.2 Å². The number of thioether (sulfide) groups is 1. The van der Waals surface area contributed by atoms with E-state index < -0.39 is 24.3 Å². The molecule has 9 nitrogen and oxygen atoms in total. The molecule has 37 heavy (non-hydrogen) atoms. The average molecular weight is 529 g/mol. The van der Waals surface area contributed by atoms with Crippen LogP contribution >= 0.6 is 11.8 Å². The molecule has 0 bridgehead atoms. The number of amidine groups is 1. The number of carboxylic acid groups (broad SMARTS) is 1. The molecule has 2 aromatic carbocycles. The van der Waals surface area contributed by atoms with E-state index in [9.17, 15) is 9.90 Å². The van der Waals surface area contributed by atoms with Crippen LogP contribution in [0, 0.1) is 0 Å². The van der Waals surface area contributed by atoms with Crippen LogP contribution in [-0.4, -0.2) is 79.2 Å². The zero-order chi connectivity index (χ0) is 26.4. The van der Waals surface area contributed by atoms with Gasteiger partial charge in [-0.05, 0) is 41.5 Å². The van der Waals surface area contributed by atoms with Gasteiger partial charge in [-0.25, -0.2) is 4.79 Å². The topological polar surface area (TPSA) is 99.1 Å². The van der Waals surface area contributed by atoms with Crippen LogP contribution in [0.2, 0.25) is 0 Å². The fraction of sp³-hybridized carbons (Fsp3) is 0.407. The van der Waals surface area contributed by atoms with Crippen molar-refractivity contribution in [3.05, 3.63) is 71.8 Å². The lowest BCUT2D eigenvalue weighted by atomic mass is 9.97.